The zero-order chi connectivity index (χ0) is 21.1. The monoisotopic (exact) mass is 414 g/mol. The highest BCUT2D eigenvalue weighted by molar-refractivity contribution is 7.99. The van der Waals surface area contributed by atoms with E-state index in [0.717, 1.165) is 17.8 Å². The molecule has 1 aliphatic heterocycles. The molecule has 0 fully saturated rings. The van der Waals surface area contributed by atoms with Crippen molar-refractivity contribution >= 4 is 23.8 Å². The topological polar surface area (TPSA) is 104 Å². The lowest BCUT2D eigenvalue weighted by molar-refractivity contribution is -0.139. The molecule has 11 heteroatoms. The van der Waals surface area contributed by atoms with Crippen LogP contribution < -0.4 is 10.6 Å². The van der Waals surface area contributed by atoms with Crippen LogP contribution in [0.15, 0.2) is 22.4 Å². The fourth-order valence-electron chi connectivity index (χ4n) is 2.61. The number of hydrogen-bond acceptors (Lipinski definition) is 6. The summed E-state index contributed by atoms with van der Waals surface area (Å²) in [7, 11) is 0. The number of aromatic nitrogens is 1. The van der Waals surface area contributed by atoms with Gasteiger partial charge >= 0.3 is 18.2 Å². The molecule has 150 valence electrons. The van der Waals surface area contributed by atoms with Gasteiger partial charge in [0, 0.05) is 17.1 Å². The first-order valence-corrected chi connectivity index (χ1v) is 9.16. The highest BCUT2D eigenvalue weighted by Gasteiger charge is 2.36. The van der Waals surface area contributed by atoms with Crippen LogP contribution in [0.5, 0.6) is 0 Å². The van der Waals surface area contributed by atoms with Crippen LogP contribution >= 0.6 is 11.8 Å². The van der Waals surface area contributed by atoms with Crippen LogP contribution in [0, 0.1) is 18.3 Å². The summed E-state index contributed by atoms with van der Waals surface area (Å²) in [5, 5.41) is 14.1. The van der Waals surface area contributed by atoms with E-state index in [2.05, 4.69) is 15.6 Å². The number of carbonyl (C=O) groups is 2. The number of aryl methyl sites for hydroxylation is 1. The number of nitrogens with zero attached hydrogens (tertiary/aromatic N) is 2. The lowest BCUT2D eigenvalue weighted by Crippen LogP contribution is -2.49. The number of carbonyl (C=O) groups excluding carboxylic acids is 2. The first-order chi connectivity index (χ1) is 13.1. The number of amides is 2. The Balaban J connectivity index is 2.42. The minimum Gasteiger partial charge on any atom is -0.463 e. The Hall–Kier alpha value is -2.74. The molecule has 2 heterocycles. The third-order valence-electron chi connectivity index (χ3n) is 3.75. The van der Waals surface area contributed by atoms with Gasteiger partial charge in [0.1, 0.15) is 11.1 Å². The normalized spacial score (nSPS) is 16.9. The maximum Gasteiger partial charge on any atom is 0.417 e. The third-order valence-corrected chi connectivity index (χ3v) is 4.75. The Morgan fingerprint density at radius 3 is 2.71 bits per heavy atom. The average molecular weight is 414 g/mol. The summed E-state index contributed by atoms with van der Waals surface area (Å²) in [6.45, 7) is 4.72. The summed E-state index contributed by atoms with van der Waals surface area (Å²) >= 11 is 0.824. The van der Waals surface area contributed by atoms with E-state index in [-0.39, 0.29) is 34.3 Å². The lowest BCUT2D eigenvalue weighted by atomic mass is 10.1. The van der Waals surface area contributed by atoms with E-state index in [9.17, 15) is 28.0 Å². The van der Waals surface area contributed by atoms with Crippen molar-refractivity contribution in [3.05, 3.63) is 34.2 Å². The van der Waals surface area contributed by atoms with Gasteiger partial charge in [0.15, 0.2) is 0 Å². The Labute approximate surface area is 163 Å². The molecule has 7 nitrogen and oxygen atoms in total. The van der Waals surface area contributed by atoms with Gasteiger partial charge in [-0.3, -0.25) is 0 Å². The summed E-state index contributed by atoms with van der Waals surface area (Å²) in [4.78, 5) is 28.0. The Morgan fingerprint density at radius 2 is 2.14 bits per heavy atom. The second-order valence-electron chi connectivity index (χ2n) is 5.82. The summed E-state index contributed by atoms with van der Waals surface area (Å²) in [5.41, 5.74) is -1.23. The zero-order valence-electron chi connectivity index (χ0n) is 15.2. The molecular weight excluding hydrogens is 397 g/mol. The molecule has 0 bridgehead atoms. The Kier molecular flexibility index (Phi) is 6.56. The van der Waals surface area contributed by atoms with E-state index >= 15 is 0 Å². The van der Waals surface area contributed by atoms with Crippen LogP contribution in [0.4, 0.5) is 18.0 Å². The minimum absolute atomic E-state index is 0.0751. The smallest absolute Gasteiger partial charge is 0.417 e. The van der Waals surface area contributed by atoms with Crippen LogP contribution in [0.2, 0.25) is 0 Å². The third kappa shape index (κ3) is 4.75. The molecule has 0 spiro atoms. The van der Waals surface area contributed by atoms with E-state index in [1.807, 2.05) is 0 Å². The molecular formula is C17H17F3N4O3S. The Morgan fingerprint density at radius 1 is 1.46 bits per heavy atom. The molecule has 1 atom stereocenters. The van der Waals surface area contributed by atoms with E-state index in [1.54, 1.807) is 19.9 Å². The molecule has 0 saturated carbocycles. The number of alkyl halides is 3. The summed E-state index contributed by atoms with van der Waals surface area (Å²) < 4.78 is 44.6. The maximum atomic E-state index is 13.2. The maximum absolute atomic E-state index is 13.2. The van der Waals surface area contributed by atoms with Crippen molar-refractivity contribution in [3.8, 4) is 6.07 Å². The van der Waals surface area contributed by atoms with Crippen molar-refractivity contribution in [2.24, 2.45) is 0 Å². The van der Waals surface area contributed by atoms with Crippen molar-refractivity contribution in [3.63, 3.8) is 0 Å². The van der Waals surface area contributed by atoms with Crippen LogP contribution in [0.1, 0.15) is 30.7 Å². The van der Waals surface area contributed by atoms with Crippen molar-refractivity contribution in [1.29, 1.82) is 5.26 Å². The number of urea groups is 1. The van der Waals surface area contributed by atoms with Crippen LogP contribution in [0.25, 0.3) is 0 Å². The molecule has 0 radical (unpaired) electrons. The van der Waals surface area contributed by atoms with Crippen molar-refractivity contribution < 1.29 is 27.5 Å². The van der Waals surface area contributed by atoms with Gasteiger partial charge in [-0.1, -0.05) is 11.8 Å². The van der Waals surface area contributed by atoms with Gasteiger partial charge in [0.2, 0.25) is 0 Å². The largest absolute Gasteiger partial charge is 0.463 e. The second kappa shape index (κ2) is 8.52. The van der Waals surface area contributed by atoms with Gasteiger partial charge in [0.25, 0.3) is 0 Å². The molecule has 0 saturated heterocycles. The summed E-state index contributed by atoms with van der Waals surface area (Å²) in [6, 6.07) is 1.16. The number of esters is 1. The predicted molar refractivity (Wildman–Crippen MR) is 94.2 cm³/mol. The number of thioether (sulfide) groups is 1. The molecule has 1 aromatic rings. The quantitative estimate of drug-likeness (QED) is 0.567. The molecule has 2 N–H and O–H groups in total. The zero-order valence-corrected chi connectivity index (χ0v) is 16.0. The van der Waals surface area contributed by atoms with Gasteiger partial charge in [-0.15, -0.1) is 0 Å². The number of ether oxygens (including phenoxy) is 1. The highest BCUT2D eigenvalue weighted by Crippen LogP contribution is 2.36. The lowest BCUT2D eigenvalue weighted by Gasteiger charge is -2.26. The van der Waals surface area contributed by atoms with Gasteiger partial charge < -0.3 is 15.4 Å². The van der Waals surface area contributed by atoms with Crippen molar-refractivity contribution in [1.82, 2.24) is 15.6 Å². The van der Waals surface area contributed by atoms with E-state index in [1.165, 1.54) is 6.92 Å². The highest BCUT2D eigenvalue weighted by atomic mass is 32.2. The number of rotatable bonds is 5. The van der Waals surface area contributed by atoms with E-state index < -0.39 is 35.3 Å². The number of nitrogens with one attached hydrogen (secondary N) is 2. The summed E-state index contributed by atoms with van der Waals surface area (Å²) in [5.74, 6) is -0.722. The first-order valence-electron chi connectivity index (χ1n) is 8.17. The average Bonchev–Trinajstić information content (AvgIpc) is 2.58. The van der Waals surface area contributed by atoms with Gasteiger partial charge in [-0.2, -0.15) is 18.4 Å². The molecule has 0 unspecified atom stereocenters. The van der Waals surface area contributed by atoms with E-state index in [4.69, 9.17) is 4.74 Å². The van der Waals surface area contributed by atoms with Gasteiger partial charge in [-0.05, 0) is 26.8 Å². The fraction of sp³-hybridized carbons (Fsp3) is 0.412. The van der Waals surface area contributed by atoms with Crippen molar-refractivity contribution in [2.75, 3.05) is 12.4 Å². The standard InChI is InChI=1S/C17H17F3N4O3S/c1-4-27-15(25)13-9(3)23-16(26)24-12(13)7-28-14-10(6-21)11(17(18,19)20)5-8(2)22-14/h5,9H,4,7H2,1-3H3,(H2,23,24,26)/t9-/m1/s1. The van der Waals surface area contributed by atoms with Gasteiger partial charge in [0.05, 0.1) is 29.3 Å². The van der Waals surface area contributed by atoms with Crippen molar-refractivity contribution in [2.45, 2.75) is 38.0 Å². The SMILES string of the molecule is CCOC(=O)C1=C(CSc2nc(C)cc(C(F)(F)F)c2C#N)NC(=O)N[C@@H]1C. The summed E-state index contributed by atoms with van der Waals surface area (Å²) in [6.07, 6.45) is -4.71. The van der Waals surface area contributed by atoms with Crippen LogP contribution in [-0.4, -0.2) is 35.4 Å². The number of pyridine rings is 1. The number of hydrogen-bond donors (Lipinski definition) is 2. The molecule has 1 aromatic heterocycles. The van der Waals surface area contributed by atoms with Crippen LogP contribution in [0.3, 0.4) is 0 Å². The first kappa shape index (κ1) is 21.6. The fourth-order valence-corrected chi connectivity index (χ4v) is 3.63. The Bertz CT molecular complexity index is 878. The molecule has 28 heavy (non-hydrogen) atoms. The molecule has 2 rings (SSSR count). The number of nitriles is 1. The second-order valence-corrected chi connectivity index (χ2v) is 6.79. The van der Waals surface area contributed by atoms with Crippen LogP contribution in [-0.2, 0) is 15.7 Å². The van der Waals surface area contributed by atoms with Gasteiger partial charge in [-0.25, -0.2) is 14.6 Å². The molecule has 0 aliphatic carbocycles. The predicted octanol–water partition coefficient (Wildman–Crippen LogP) is 2.89. The molecule has 2 amide bonds. The molecule has 0 aromatic carbocycles. The molecule has 1 aliphatic rings. The number of halogens is 3. The van der Waals surface area contributed by atoms with E-state index in [0.29, 0.717) is 0 Å². The minimum atomic E-state index is -4.71.